The molecule has 1 heterocycles. The number of likely N-dealkylation sites (tertiary alicyclic amines) is 1. The van der Waals surface area contributed by atoms with E-state index >= 15 is 0 Å². The first-order chi connectivity index (χ1) is 8.99. The largest absolute Gasteiger partial charge is 0.349 e. The molecule has 4 heteroatoms. The zero-order valence-electron chi connectivity index (χ0n) is 11.8. The van der Waals surface area contributed by atoms with E-state index in [0.717, 1.165) is 25.1 Å². The molecule has 19 heavy (non-hydrogen) atoms. The van der Waals surface area contributed by atoms with E-state index in [2.05, 4.69) is 4.90 Å². The Morgan fingerprint density at radius 1 is 1.42 bits per heavy atom. The number of amides is 1. The number of hydrogen-bond acceptors (Lipinski definition) is 2. The highest BCUT2D eigenvalue weighted by Crippen LogP contribution is 2.33. The monoisotopic (exact) mass is 264 g/mol. The third-order valence-corrected chi connectivity index (χ3v) is 3.85. The second-order valence-corrected chi connectivity index (χ2v) is 5.55. The number of likely N-dealkylation sites (N-methyl/N-ethyl adjacent to an activating group) is 1. The summed E-state index contributed by atoms with van der Waals surface area (Å²) in [5.41, 5.74) is 0.923. The van der Waals surface area contributed by atoms with Crippen molar-refractivity contribution in [3.8, 4) is 0 Å². The van der Waals surface area contributed by atoms with Gasteiger partial charge in [-0.2, -0.15) is 0 Å². The van der Waals surface area contributed by atoms with E-state index in [9.17, 15) is 9.18 Å². The van der Waals surface area contributed by atoms with E-state index in [-0.39, 0.29) is 23.6 Å². The summed E-state index contributed by atoms with van der Waals surface area (Å²) < 4.78 is 13.4. The Kier molecular flexibility index (Phi) is 4.20. The van der Waals surface area contributed by atoms with Gasteiger partial charge in [-0.25, -0.2) is 4.39 Å². The normalized spacial score (nSPS) is 24.2. The summed E-state index contributed by atoms with van der Waals surface area (Å²) >= 11 is 0. The van der Waals surface area contributed by atoms with Crippen LogP contribution in [0.25, 0.3) is 0 Å². The fourth-order valence-corrected chi connectivity index (χ4v) is 2.82. The van der Waals surface area contributed by atoms with Gasteiger partial charge in [0.25, 0.3) is 0 Å². The molecule has 1 aliphatic heterocycles. The first kappa shape index (κ1) is 14.0. The smallest absolute Gasteiger partial charge is 0.225 e. The molecule has 2 rings (SSSR count). The molecule has 0 radical (unpaired) electrons. The second kappa shape index (κ2) is 5.70. The van der Waals surface area contributed by atoms with E-state index < -0.39 is 0 Å². The number of hydrogen-bond donors (Lipinski definition) is 0. The van der Waals surface area contributed by atoms with Crippen LogP contribution in [-0.4, -0.2) is 49.9 Å². The third kappa shape index (κ3) is 3.13. The molecule has 1 amide bonds. The summed E-state index contributed by atoms with van der Waals surface area (Å²) in [6.07, 6.45) is 0.828. The molecule has 0 unspecified atom stereocenters. The molecule has 0 saturated carbocycles. The van der Waals surface area contributed by atoms with Gasteiger partial charge in [-0.3, -0.25) is 4.79 Å². The minimum atomic E-state index is -0.234. The number of carbonyl (C=O) groups excluding carboxylic acids is 1. The van der Waals surface area contributed by atoms with Crippen LogP contribution in [0.2, 0.25) is 0 Å². The Hall–Kier alpha value is -1.42. The van der Waals surface area contributed by atoms with Gasteiger partial charge >= 0.3 is 0 Å². The third-order valence-electron chi connectivity index (χ3n) is 3.85. The molecular weight excluding hydrogens is 243 g/mol. The van der Waals surface area contributed by atoms with Crippen molar-refractivity contribution in [3.63, 3.8) is 0 Å². The van der Waals surface area contributed by atoms with Crippen LogP contribution in [0.5, 0.6) is 0 Å². The molecule has 1 aromatic carbocycles. The average Bonchev–Trinajstić information content (AvgIpc) is 2.37. The summed E-state index contributed by atoms with van der Waals surface area (Å²) in [5, 5.41) is 0. The maximum atomic E-state index is 13.4. The lowest BCUT2D eigenvalue weighted by molar-refractivity contribution is -0.135. The zero-order valence-corrected chi connectivity index (χ0v) is 11.8. The molecule has 1 saturated heterocycles. The van der Waals surface area contributed by atoms with Gasteiger partial charge in [-0.1, -0.05) is 12.1 Å². The Labute approximate surface area is 114 Å². The van der Waals surface area contributed by atoms with Crippen molar-refractivity contribution < 1.29 is 9.18 Å². The van der Waals surface area contributed by atoms with E-state index in [4.69, 9.17) is 0 Å². The molecule has 1 fully saturated rings. The highest BCUT2D eigenvalue weighted by atomic mass is 19.1. The maximum absolute atomic E-state index is 13.4. The van der Waals surface area contributed by atoms with Crippen LogP contribution in [0, 0.1) is 11.7 Å². The van der Waals surface area contributed by atoms with E-state index in [1.54, 1.807) is 31.1 Å². The van der Waals surface area contributed by atoms with Crippen molar-refractivity contribution in [1.29, 1.82) is 0 Å². The molecule has 104 valence electrons. The van der Waals surface area contributed by atoms with Crippen LogP contribution in [0.4, 0.5) is 4.39 Å². The maximum Gasteiger partial charge on any atom is 0.225 e. The summed E-state index contributed by atoms with van der Waals surface area (Å²) in [7, 11) is 5.61. The predicted octanol–water partition coefficient (Wildman–Crippen LogP) is 1.95. The SMILES string of the molecule is CN1CC[C@H](C(=O)N(C)C)[C@@H](c2cccc(F)c2)C1. The van der Waals surface area contributed by atoms with Gasteiger partial charge in [0, 0.05) is 32.5 Å². The number of carbonyl (C=O) groups is 1. The van der Waals surface area contributed by atoms with E-state index in [1.165, 1.54) is 6.07 Å². The van der Waals surface area contributed by atoms with E-state index in [0.29, 0.717) is 0 Å². The second-order valence-electron chi connectivity index (χ2n) is 5.55. The van der Waals surface area contributed by atoms with Crippen molar-refractivity contribution in [2.75, 3.05) is 34.2 Å². The first-order valence-corrected chi connectivity index (χ1v) is 6.64. The number of piperidine rings is 1. The van der Waals surface area contributed by atoms with Crippen LogP contribution in [0.1, 0.15) is 17.9 Å². The number of benzene rings is 1. The van der Waals surface area contributed by atoms with Crippen LogP contribution < -0.4 is 0 Å². The van der Waals surface area contributed by atoms with Crippen molar-refractivity contribution in [1.82, 2.24) is 9.80 Å². The van der Waals surface area contributed by atoms with Gasteiger partial charge in [0.2, 0.25) is 5.91 Å². The standard InChI is InChI=1S/C15H21FN2O/c1-17(2)15(19)13-7-8-18(3)10-14(13)11-5-4-6-12(16)9-11/h4-6,9,13-14H,7-8,10H2,1-3H3/t13-,14+/m0/s1. The first-order valence-electron chi connectivity index (χ1n) is 6.64. The molecule has 0 N–H and O–H groups in total. The number of nitrogens with zero attached hydrogens (tertiary/aromatic N) is 2. The molecular formula is C15H21FN2O. The average molecular weight is 264 g/mol. The zero-order chi connectivity index (χ0) is 14.0. The topological polar surface area (TPSA) is 23.6 Å². The fourth-order valence-electron chi connectivity index (χ4n) is 2.82. The van der Waals surface area contributed by atoms with Crippen molar-refractivity contribution in [2.45, 2.75) is 12.3 Å². The molecule has 0 aromatic heterocycles. The Morgan fingerprint density at radius 3 is 2.79 bits per heavy atom. The summed E-state index contributed by atoms with van der Waals surface area (Å²) in [5.74, 6) is -0.0681. The van der Waals surface area contributed by atoms with Crippen LogP contribution in [0.15, 0.2) is 24.3 Å². The lowest BCUT2D eigenvalue weighted by Gasteiger charge is -2.37. The van der Waals surface area contributed by atoms with Gasteiger partial charge in [0.05, 0.1) is 0 Å². The molecule has 1 aliphatic rings. The minimum absolute atomic E-state index is 0.0481. The summed E-state index contributed by atoms with van der Waals surface area (Å²) in [6, 6.07) is 6.64. The lowest BCUT2D eigenvalue weighted by Crippen LogP contribution is -2.43. The fraction of sp³-hybridized carbons (Fsp3) is 0.533. The van der Waals surface area contributed by atoms with Crippen LogP contribution >= 0.6 is 0 Å². The predicted molar refractivity (Wildman–Crippen MR) is 73.4 cm³/mol. The Morgan fingerprint density at radius 2 is 2.16 bits per heavy atom. The van der Waals surface area contributed by atoms with Gasteiger partial charge in [-0.05, 0) is 37.7 Å². The molecule has 1 aromatic rings. The quantitative estimate of drug-likeness (QED) is 0.815. The molecule has 3 nitrogen and oxygen atoms in total. The van der Waals surface area contributed by atoms with Gasteiger partial charge in [0.1, 0.15) is 5.82 Å². The van der Waals surface area contributed by atoms with Crippen molar-refractivity contribution in [2.24, 2.45) is 5.92 Å². The van der Waals surface area contributed by atoms with E-state index in [1.807, 2.05) is 13.1 Å². The minimum Gasteiger partial charge on any atom is -0.349 e. The molecule has 0 bridgehead atoms. The molecule has 0 aliphatic carbocycles. The lowest BCUT2D eigenvalue weighted by atomic mass is 9.80. The Balaban J connectivity index is 2.29. The van der Waals surface area contributed by atoms with Gasteiger partial charge in [-0.15, -0.1) is 0 Å². The van der Waals surface area contributed by atoms with Crippen molar-refractivity contribution >= 4 is 5.91 Å². The molecule has 0 spiro atoms. The Bertz CT molecular complexity index is 461. The van der Waals surface area contributed by atoms with Crippen molar-refractivity contribution in [3.05, 3.63) is 35.6 Å². The van der Waals surface area contributed by atoms with Crippen LogP contribution in [-0.2, 0) is 4.79 Å². The van der Waals surface area contributed by atoms with Gasteiger partial charge < -0.3 is 9.80 Å². The van der Waals surface area contributed by atoms with Gasteiger partial charge in [0.15, 0.2) is 0 Å². The number of rotatable bonds is 2. The summed E-state index contributed by atoms with van der Waals surface area (Å²) in [4.78, 5) is 16.1. The molecule has 2 atom stereocenters. The van der Waals surface area contributed by atoms with Crippen LogP contribution in [0.3, 0.4) is 0 Å². The highest BCUT2D eigenvalue weighted by Gasteiger charge is 2.34. The number of halogens is 1. The highest BCUT2D eigenvalue weighted by molar-refractivity contribution is 5.79. The summed E-state index contributed by atoms with van der Waals surface area (Å²) in [6.45, 7) is 1.71.